The van der Waals surface area contributed by atoms with Gasteiger partial charge in [0, 0.05) is 33.9 Å². The Morgan fingerprint density at radius 2 is 2.11 bits per heavy atom. The van der Waals surface area contributed by atoms with Crippen LogP contribution in [0.2, 0.25) is 0 Å². The second-order valence-corrected chi connectivity index (χ2v) is 5.16. The Hall–Kier alpha value is -1.68. The summed E-state index contributed by atoms with van der Waals surface area (Å²) in [4.78, 5) is 16.3. The number of aromatic nitrogens is 1. The van der Waals surface area contributed by atoms with Crippen LogP contribution in [0.4, 0.5) is 0 Å². The van der Waals surface area contributed by atoms with Gasteiger partial charge in [0.25, 0.3) is 0 Å². The predicted molar refractivity (Wildman–Crippen MR) is 77.7 cm³/mol. The average Bonchev–Trinajstić information content (AvgIpc) is 2.39. The first-order chi connectivity index (χ1) is 9.10. The maximum atomic E-state index is 12.2. The first kappa shape index (κ1) is 13.7. The molecule has 0 fully saturated rings. The summed E-state index contributed by atoms with van der Waals surface area (Å²) >= 11 is 3.40. The zero-order valence-corrected chi connectivity index (χ0v) is 12.4. The van der Waals surface area contributed by atoms with Crippen LogP contribution >= 0.6 is 15.9 Å². The maximum Gasteiger partial charge on any atom is 0.168 e. The molecule has 0 unspecified atom stereocenters. The van der Waals surface area contributed by atoms with Gasteiger partial charge in [-0.05, 0) is 37.3 Å². The van der Waals surface area contributed by atoms with Gasteiger partial charge >= 0.3 is 0 Å². The number of pyridine rings is 1. The van der Waals surface area contributed by atoms with Crippen molar-refractivity contribution in [3.63, 3.8) is 0 Å². The summed E-state index contributed by atoms with van der Waals surface area (Å²) in [5, 5.41) is 0. The van der Waals surface area contributed by atoms with Gasteiger partial charge in [-0.15, -0.1) is 0 Å². The molecule has 0 saturated heterocycles. The highest BCUT2D eigenvalue weighted by molar-refractivity contribution is 9.10. The van der Waals surface area contributed by atoms with E-state index in [0.29, 0.717) is 12.0 Å². The monoisotopic (exact) mass is 319 g/mol. The minimum atomic E-state index is 0.0314. The Bertz CT molecular complexity index is 594. The lowest BCUT2D eigenvalue weighted by atomic mass is 10.0. The van der Waals surface area contributed by atoms with E-state index in [0.717, 1.165) is 21.5 Å². The van der Waals surface area contributed by atoms with Crippen molar-refractivity contribution in [1.82, 2.24) is 4.98 Å². The Balaban J connectivity index is 2.23. The number of aryl methyl sites for hydroxylation is 1. The Morgan fingerprint density at radius 3 is 2.74 bits per heavy atom. The van der Waals surface area contributed by atoms with Crippen LogP contribution in [-0.4, -0.2) is 17.9 Å². The third-order valence-corrected chi connectivity index (χ3v) is 3.32. The molecule has 0 aliphatic heterocycles. The molecule has 2 aromatic rings. The van der Waals surface area contributed by atoms with Crippen LogP contribution in [0.3, 0.4) is 0 Å². The van der Waals surface area contributed by atoms with Gasteiger partial charge in [-0.25, -0.2) is 0 Å². The molecule has 0 atom stereocenters. The SMILES string of the molecule is COc1ccc(Br)cc1CC(=O)c1ccc(C)nc1. The van der Waals surface area contributed by atoms with Gasteiger partial charge in [-0.3, -0.25) is 9.78 Å². The third-order valence-electron chi connectivity index (χ3n) is 2.83. The summed E-state index contributed by atoms with van der Waals surface area (Å²) in [6.07, 6.45) is 1.91. The van der Waals surface area contributed by atoms with Gasteiger partial charge in [0.15, 0.2) is 5.78 Å². The first-order valence-electron chi connectivity index (χ1n) is 5.88. The normalized spacial score (nSPS) is 10.3. The number of benzene rings is 1. The molecule has 2 rings (SSSR count). The van der Waals surface area contributed by atoms with Crippen LogP contribution in [0.5, 0.6) is 5.75 Å². The van der Waals surface area contributed by atoms with Crippen LogP contribution < -0.4 is 4.74 Å². The second-order valence-electron chi connectivity index (χ2n) is 4.24. The number of methoxy groups -OCH3 is 1. The van der Waals surface area contributed by atoms with E-state index in [4.69, 9.17) is 4.74 Å². The van der Waals surface area contributed by atoms with Gasteiger partial charge in [0.05, 0.1) is 7.11 Å². The molecule has 1 aromatic carbocycles. The van der Waals surface area contributed by atoms with Gasteiger partial charge in [0.1, 0.15) is 5.75 Å². The highest BCUT2D eigenvalue weighted by Crippen LogP contribution is 2.24. The average molecular weight is 320 g/mol. The number of hydrogen-bond donors (Lipinski definition) is 0. The van der Waals surface area contributed by atoms with E-state index in [1.807, 2.05) is 31.2 Å². The number of carbonyl (C=O) groups is 1. The molecule has 0 radical (unpaired) electrons. The zero-order valence-electron chi connectivity index (χ0n) is 10.8. The number of nitrogens with zero attached hydrogens (tertiary/aromatic N) is 1. The Labute approximate surface area is 120 Å². The molecule has 3 nitrogen and oxygen atoms in total. The van der Waals surface area contributed by atoms with E-state index >= 15 is 0 Å². The van der Waals surface area contributed by atoms with E-state index in [-0.39, 0.29) is 5.78 Å². The summed E-state index contributed by atoms with van der Waals surface area (Å²) in [6, 6.07) is 9.28. The molecule has 0 spiro atoms. The highest BCUT2D eigenvalue weighted by Gasteiger charge is 2.11. The van der Waals surface area contributed by atoms with E-state index in [9.17, 15) is 4.79 Å². The van der Waals surface area contributed by atoms with Gasteiger partial charge in [-0.2, -0.15) is 0 Å². The molecule has 0 N–H and O–H groups in total. The number of halogens is 1. The van der Waals surface area contributed by atoms with E-state index in [2.05, 4.69) is 20.9 Å². The number of ketones is 1. The minimum Gasteiger partial charge on any atom is -0.496 e. The van der Waals surface area contributed by atoms with Crippen LogP contribution in [0.1, 0.15) is 21.6 Å². The Morgan fingerprint density at radius 1 is 1.32 bits per heavy atom. The van der Waals surface area contributed by atoms with Crippen molar-refractivity contribution in [1.29, 1.82) is 0 Å². The van der Waals surface area contributed by atoms with Crippen molar-refractivity contribution in [2.24, 2.45) is 0 Å². The largest absolute Gasteiger partial charge is 0.496 e. The molecule has 1 aromatic heterocycles. The topological polar surface area (TPSA) is 39.2 Å². The molecule has 0 saturated carbocycles. The van der Waals surface area contributed by atoms with Crippen molar-refractivity contribution in [3.05, 3.63) is 57.8 Å². The molecule has 98 valence electrons. The fraction of sp³-hybridized carbons (Fsp3) is 0.200. The lowest BCUT2D eigenvalue weighted by Crippen LogP contribution is -2.05. The summed E-state index contributed by atoms with van der Waals surface area (Å²) < 4.78 is 6.20. The number of rotatable bonds is 4. The quantitative estimate of drug-likeness (QED) is 0.808. The van der Waals surface area contributed by atoms with Crippen LogP contribution in [-0.2, 0) is 6.42 Å². The summed E-state index contributed by atoms with van der Waals surface area (Å²) in [5.41, 5.74) is 2.38. The summed E-state index contributed by atoms with van der Waals surface area (Å²) in [7, 11) is 1.60. The van der Waals surface area contributed by atoms with E-state index in [1.165, 1.54) is 0 Å². The third kappa shape index (κ3) is 3.41. The molecular formula is C15H14BrNO2. The molecule has 0 aliphatic rings. The highest BCUT2D eigenvalue weighted by atomic mass is 79.9. The lowest BCUT2D eigenvalue weighted by molar-refractivity contribution is 0.0991. The maximum absolute atomic E-state index is 12.2. The molecular weight excluding hydrogens is 306 g/mol. The van der Waals surface area contributed by atoms with Crippen molar-refractivity contribution >= 4 is 21.7 Å². The van der Waals surface area contributed by atoms with Crippen LogP contribution in [0.15, 0.2) is 41.0 Å². The molecule has 0 amide bonds. The predicted octanol–water partition coefficient (Wildman–Crippen LogP) is 3.59. The van der Waals surface area contributed by atoms with E-state index in [1.54, 1.807) is 19.4 Å². The molecule has 1 heterocycles. The smallest absolute Gasteiger partial charge is 0.168 e. The number of ether oxygens (including phenoxy) is 1. The number of hydrogen-bond acceptors (Lipinski definition) is 3. The lowest BCUT2D eigenvalue weighted by Gasteiger charge is -2.08. The van der Waals surface area contributed by atoms with Crippen molar-refractivity contribution in [2.45, 2.75) is 13.3 Å². The molecule has 0 bridgehead atoms. The van der Waals surface area contributed by atoms with Crippen LogP contribution in [0, 0.1) is 6.92 Å². The van der Waals surface area contributed by atoms with Gasteiger partial charge in [0.2, 0.25) is 0 Å². The van der Waals surface area contributed by atoms with Gasteiger partial charge in [-0.1, -0.05) is 15.9 Å². The minimum absolute atomic E-state index is 0.0314. The summed E-state index contributed by atoms with van der Waals surface area (Å²) in [5.74, 6) is 0.750. The van der Waals surface area contributed by atoms with Gasteiger partial charge < -0.3 is 4.74 Å². The Kier molecular flexibility index (Phi) is 4.32. The zero-order chi connectivity index (χ0) is 13.8. The van der Waals surface area contributed by atoms with Crippen molar-refractivity contribution in [2.75, 3.05) is 7.11 Å². The number of carbonyl (C=O) groups excluding carboxylic acids is 1. The van der Waals surface area contributed by atoms with Crippen molar-refractivity contribution in [3.8, 4) is 5.75 Å². The standard InChI is InChI=1S/C15H14BrNO2/c1-10-3-4-11(9-17-10)14(18)8-12-7-13(16)5-6-15(12)19-2/h3-7,9H,8H2,1-2H3. The summed E-state index contributed by atoms with van der Waals surface area (Å²) in [6.45, 7) is 1.89. The molecule has 0 aliphatic carbocycles. The molecule has 19 heavy (non-hydrogen) atoms. The fourth-order valence-corrected chi connectivity index (χ4v) is 2.20. The first-order valence-corrected chi connectivity index (χ1v) is 6.67. The fourth-order valence-electron chi connectivity index (χ4n) is 1.79. The second kappa shape index (κ2) is 5.97. The van der Waals surface area contributed by atoms with Crippen molar-refractivity contribution < 1.29 is 9.53 Å². The molecule has 4 heteroatoms. The number of Topliss-reactive ketones (excluding diaryl/α,β-unsaturated/α-hetero) is 1. The van der Waals surface area contributed by atoms with E-state index < -0.39 is 0 Å². The van der Waals surface area contributed by atoms with Crippen LogP contribution in [0.25, 0.3) is 0 Å².